The summed E-state index contributed by atoms with van der Waals surface area (Å²) in [6.45, 7) is 3.47. The van der Waals surface area contributed by atoms with Gasteiger partial charge in [-0.05, 0) is 48.4 Å². The van der Waals surface area contributed by atoms with E-state index < -0.39 is 0 Å². The zero-order valence-electron chi connectivity index (χ0n) is 12.2. The van der Waals surface area contributed by atoms with Crippen LogP contribution in [0.15, 0.2) is 54.6 Å². The second-order valence-corrected chi connectivity index (χ2v) is 5.91. The highest BCUT2D eigenvalue weighted by atomic mass is 14.9. The maximum Gasteiger partial charge on any atom is 0.00682 e. The highest BCUT2D eigenvalue weighted by molar-refractivity contribution is 5.63. The Balaban J connectivity index is 1.60. The largest absolute Gasteiger partial charge is 0.314 e. The molecule has 0 saturated heterocycles. The molecule has 0 aromatic heterocycles. The van der Waals surface area contributed by atoms with Crippen molar-refractivity contribution in [3.63, 3.8) is 0 Å². The molecule has 3 rings (SSSR count). The van der Waals surface area contributed by atoms with E-state index in [2.05, 4.69) is 66.8 Å². The van der Waals surface area contributed by atoms with Gasteiger partial charge in [-0.2, -0.15) is 0 Å². The third-order valence-electron chi connectivity index (χ3n) is 4.17. The lowest BCUT2D eigenvalue weighted by Crippen LogP contribution is -2.18. The van der Waals surface area contributed by atoms with E-state index in [4.69, 9.17) is 0 Å². The number of benzene rings is 2. The summed E-state index contributed by atoms with van der Waals surface area (Å²) < 4.78 is 0. The zero-order chi connectivity index (χ0) is 13.8. The molecule has 0 heterocycles. The van der Waals surface area contributed by atoms with E-state index in [1.165, 1.54) is 36.0 Å². The van der Waals surface area contributed by atoms with Crippen LogP contribution in [0.25, 0.3) is 11.1 Å². The Morgan fingerprint density at radius 2 is 1.60 bits per heavy atom. The first kappa shape index (κ1) is 13.4. The molecule has 0 radical (unpaired) electrons. The maximum atomic E-state index is 3.59. The molecule has 1 aliphatic rings. The van der Waals surface area contributed by atoms with Crippen LogP contribution in [0.2, 0.25) is 0 Å². The number of hydrogen-bond donors (Lipinski definition) is 1. The summed E-state index contributed by atoms with van der Waals surface area (Å²) in [7, 11) is 0. The van der Waals surface area contributed by atoms with Crippen LogP contribution in [0.3, 0.4) is 0 Å². The molecule has 0 aliphatic heterocycles. The third kappa shape index (κ3) is 3.49. The summed E-state index contributed by atoms with van der Waals surface area (Å²) in [5.74, 6) is 0.631. The molecule has 20 heavy (non-hydrogen) atoms. The first-order chi connectivity index (χ1) is 9.83. The first-order valence-electron chi connectivity index (χ1n) is 7.72. The summed E-state index contributed by atoms with van der Waals surface area (Å²) in [4.78, 5) is 0. The molecule has 1 saturated carbocycles. The molecule has 1 heteroatoms. The monoisotopic (exact) mass is 265 g/mol. The zero-order valence-corrected chi connectivity index (χ0v) is 12.2. The molecule has 0 amide bonds. The topological polar surface area (TPSA) is 12.0 Å². The lowest BCUT2D eigenvalue weighted by Gasteiger charge is -2.13. The van der Waals surface area contributed by atoms with Gasteiger partial charge in [-0.1, -0.05) is 61.5 Å². The van der Waals surface area contributed by atoms with Gasteiger partial charge in [0, 0.05) is 6.04 Å². The van der Waals surface area contributed by atoms with Gasteiger partial charge in [-0.15, -0.1) is 0 Å². The molecule has 2 aromatic rings. The second-order valence-electron chi connectivity index (χ2n) is 5.91. The summed E-state index contributed by atoms with van der Waals surface area (Å²) in [5, 5.41) is 3.59. The molecule has 1 aliphatic carbocycles. The Labute approximate surface area is 122 Å². The molecule has 104 valence electrons. The molecule has 1 N–H and O–H groups in total. The van der Waals surface area contributed by atoms with Crippen molar-refractivity contribution in [2.24, 2.45) is 0 Å². The average Bonchev–Trinajstić information content (AvgIpc) is 3.32. The van der Waals surface area contributed by atoms with E-state index in [1.54, 1.807) is 0 Å². The van der Waals surface area contributed by atoms with Crippen LogP contribution in [0.1, 0.15) is 37.7 Å². The number of hydrogen-bond acceptors (Lipinski definition) is 1. The summed E-state index contributed by atoms with van der Waals surface area (Å²) in [5.41, 5.74) is 4.04. The van der Waals surface area contributed by atoms with Gasteiger partial charge in [-0.3, -0.25) is 0 Å². The van der Waals surface area contributed by atoms with Gasteiger partial charge < -0.3 is 5.32 Å². The molecule has 0 spiro atoms. The average molecular weight is 265 g/mol. The van der Waals surface area contributed by atoms with Crippen LogP contribution >= 0.6 is 0 Å². The molecule has 1 unspecified atom stereocenters. The van der Waals surface area contributed by atoms with E-state index in [0.717, 1.165) is 12.6 Å². The van der Waals surface area contributed by atoms with Crippen LogP contribution < -0.4 is 5.32 Å². The molecule has 1 fully saturated rings. The Bertz CT molecular complexity index is 525. The first-order valence-corrected chi connectivity index (χ1v) is 7.72. The van der Waals surface area contributed by atoms with Crippen molar-refractivity contribution in [2.45, 2.75) is 38.1 Å². The van der Waals surface area contributed by atoms with Gasteiger partial charge in [0.25, 0.3) is 0 Å². The van der Waals surface area contributed by atoms with Crippen molar-refractivity contribution in [3.05, 3.63) is 60.2 Å². The minimum Gasteiger partial charge on any atom is -0.314 e. The predicted molar refractivity (Wildman–Crippen MR) is 85.9 cm³/mol. The van der Waals surface area contributed by atoms with E-state index >= 15 is 0 Å². The minimum atomic E-state index is 0.631. The SMILES string of the molecule is CC(CCNC1CC1)c1ccc(-c2ccccc2)cc1. The van der Waals surface area contributed by atoms with Crippen molar-refractivity contribution < 1.29 is 0 Å². The van der Waals surface area contributed by atoms with Crippen LogP contribution in [0.5, 0.6) is 0 Å². The standard InChI is InChI=1S/C19H23N/c1-15(13-14-20-19-11-12-19)16-7-9-18(10-8-16)17-5-3-2-4-6-17/h2-10,15,19-20H,11-14H2,1H3. The third-order valence-corrected chi connectivity index (χ3v) is 4.17. The summed E-state index contributed by atoms with van der Waals surface area (Å²) in [6, 6.07) is 20.5. The van der Waals surface area contributed by atoms with E-state index in [0.29, 0.717) is 5.92 Å². The summed E-state index contributed by atoms with van der Waals surface area (Å²) in [6.07, 6.45) is 3.97. The molecule has 1 atom stereocenters. The van der Waals surface area contributed by atoms with Gasteiger partial charge in [0.05, 0.1) is 0 Å². The van der Waals surface area contributed by atoms with Crippen molar-refractivity contribution in [1.82, 2.24) is 5.32 Å². The fourth-order valence-electron chi connectivity index (χ4n) is 2.59. The maximum absolute atomic E-state index is 3.59. The molecular formula is C19H23N. The van der Waals surface area contributed by atoms with Gasteiger partial charge in [0.1, 0.15) is 0 Å². The lowest BCUT2D eigenvalue weighted by atomic mass is 9.95. The lowest BCUT2D eigenvalue weighted by molar-refractivity contribution is 0.592. The summed E-state index contributed by atoms with van der Waals surface area (Å²) >= 11 is 0. The van der Waals surface area contributed by atoms with E-state index in [1.807, 2.05) is 0 Å². The van der Waals surface area contributed by atoms with Crippen molar-refractivity contribution >= 4 is 0 Å². The molecule has 1 nitrogen and oxygen atoms in total. The molecule has 0 bridgehead atoms. The minimum absolute atomic E-state index is 0.631. The quantitative estimate of drug-likeness (QED) is 0.805. The van der Waals surface area contributed by atoms with Crippen molar-refractivity contribution in [3.8, 4) is 11.1 Å². The van der Waals surface area contributed by atoms with Crippen LogP contribution in [-0.2, 0) is 0 Å². The Morgan fingerprint density at radius 1 is 0.950 bits per heavy atom. The fraction of sp³-hybridized carbons (Fsp3) is 0.368. The van der Waals surface area contributed by atoms with E-state index in [9.17, 15) is 0 Å². The van der Waals surface area contributed by atoms with Crippen LogP contribution in [0.4, 0.5) is 0 Å². The van der Waals surface area contributed by atoms with Gasteiger partial charge in [-0.25, -0.2) is 0 Å². The Morgan fingerprint density at radius 3 is 2.25 bits per heavy atom. The van der Waals surface area contributed by atoms with Crippen LogP contribution in [0, 0.1) is 0 Å². The number of rotatable bonds is 6. The van der Waals surface area contributed by atoms with Gasteiger partial charge in [0.15, 0.2) is 0 Å². The highest BCUT2D eigenvalue weighted by Crippen LogP contribution is 2.24. The van der Waals surface area contributed by atoms with Gasteiger partial charge >= 0.3 is 0 Å². The molecule has 2 aromatic carbocycles. The van der Waals surface area contributed by atoms with E-state index in [-0.39, 0.29) is 0 Å². The fourth-order valence-corrected chi connectivity index (χ4v) is 2.59. The Kier molecular flexibility index (Phi) is 4.17. The van der Waals surface area contributed by atoms with Crippen LogP contribution in [-0.4, -0.2) is 12.6 Å². The van der Waals surface area contributed by atoms with Gasteiger partial charge in [0.2, 0.25) is 0 Å². The van der Waals surface area contributed by atoms with Crippen molar-refractivity contribution in [2.75, 3.05) is 6.54 Å². The highest BCUT2D eigenvalue weighted by Gasteiger charge is 2.20. The predicted octanol–water partition coefficient (Wildman–Crippen LogP) is 4.60. The number of nitrogens with one attached hydrogen (secondary N) is 1. The Hall–Kier alpha value is -1.60. The normalized spacial score (nSPS) is 16.1. The second kappa shape index (κ2) is 6.23. The van der Waals surface area contributed by atoms with Crippen molar-refractivity contribution in [1.29, 1.82) is 0 Å². The molecular weight excluding hydrogens is 242 g/mol. The smallest absolute Gasteiger partial charge is 0.00682 e.